The molecule has 3 aromatic rings. The van der Waals surface area contributed by atoms with Gasteiger partial charge in [-0.3, -0.25) is 9.89 Å². The molecule has 0 saturated carbocycles. The molecular weight excluding hydrogens is 468 g/mol. The van der Waals surface area contributed by atoms with Gasteiger partial charge >= 0.3 is 0 Å². The third kappa shape index (κ3) is 3.68. The normalized spacial score (nSPS) is 26.4. The van der Waals surface area contributed by atoms with E-state index in [2.05, 4.69) is 16.0 Å². The quantitative estimate of drug-likeness (QED) is 0.144. The van der Waals surface area contributed by atoms with Crippen LogP contribution in [0.4, 0.5) is 0 Å². The lowest BCUT2D eigenvalue weighted by atomic mass is 9.49. The summed E-state index contributed by atoms with van der Waals surface area (Å²) in [5.41, 5.74) is 12.6. The highest BCUT2D eigenvalue weighted by molar-refractivity contribution is 5.83. The fourth-order valence-electron chi connectivity index (χ4n) is 7.40. The van der Waals surface area contributed by atoms with Crippen molar-refractivity contribution in [1.82, 2.24) is 4.90 Å². The molecule has 2 heterocycles. The highest BCUT2D eigenvalue weighted by Gasteiger charge is 2.66. The van der Waals surface area contributed by atoms with Crippen molar-refractivity contribution in [3.63, 3.8) is 0 Å². The summed E-state index contributed by atoms with van der Waals surface area (Å²) in [5.74, 6) is 0.799. The lowest BCUT2D eigenvalue weighted by Gasteiger charge is -2.63. The van der Waals surface area contributed by atoms with E-state index in [0.717, 1.165) is 66.6 Å². The standard InChI is InChI=1S/C29H36N4O4/c30-27(31)32-12-5-1-2-6-13-33-14-11-28-17-23-20(19-7-3-4-8-22(19)37-23)16-29(28,36)24(33)15-18-9-10-21(34)26(35)25(18)28/h3-4,7-10,24,34-36H,1-2,5-6,11-17H2,(H4,30,31,32). The number of para-hydroxylation sites is 1. The average Bonchev–Trinajstić information content (AvgIpc) is 3.21. The van der Waals surface area contributed by atoms with Crippen molar-refractivity contribution in [3.8, 4) is 11.5 Å². The summed E-state index contributed by atoms with van der Waals surface area (Å²) in [6.07, 6.45) is 6.43. The van der Waals surface area contributed by atoms with Crippen molar-refractivity contribution < 1.29 is 19.7 Å². The SMILES string of the molecule is NC(N)=NCCCCCCN1CCC23Cc4oc5ccccc5c4CC2(O)C1Cc1ccc(O)c(O)c13. The summed E-state index contributed by atoms with van der Waals surface area (Å²) in [4.78, 5) is 6.51. The molecule has 3 unspecified atom stereocenters. The summed E-state index contributed by atoms with van der Waals surface area (Å²) < 4.78 is 6.32. The second kappa shape index (κ2) is 8.96. The monoisotopic (exact) mass is 504 g/mol. The third-order valence-electron chi connectivity index (χ3n) is 9.12. The molecule has 3 aliphatic rings. The van der Waals surface area contributed by atoms with Crippen LogP contribution in [0.15, 0.2) is 45.8 Å². The Kier molecular flexibility index (Phi) is 5.84. The van der Waals surface area contributed by atoms with Crippen molar-refractivity contribution in [2.24, 2.45) is 16.5 Å². The van der Waals surface area contributed by atoms with E-state index in [1.165, 1.54) is 0 Å². The van der Waals surface area contributed by atoms with E-state index in [-0.39, 0.29) is 23.5 Å². The molecule has 6 rings (SSSR count). The number of guanidine groups is 1. The van der Waals surface area contributed by atoms with E-state index < -0.39 is 11.0 Å². The van der Waals surface area contributed by atoms with Crippen LogP contribution in [0.25, 0.3) is 11.0 Å². The van der Waals surface area contributed by atoms with E-state index in [1.807, 2.05) is 24.3 Å². The van der Waals surface area contributed by atoms with Gasteiger partial charge in [-0.2, -0.15) is 0 Å². The first kappa shape index (κ1) is 24.1. The number of likely N-dealkylation sites (tertiary alicyclic amines) is 1. The lowest BCUT2D eigenvalue weighted by Crippen LogP contribution is -2.74. The van der Waals surface area contributed by atoms with Crippen LogP contribution >= 0.6 is 0 Å². The first-order valence-electron chi connectivity index (χ1n) is 13.4. The van der Waals surface area contributed by atoms with Gasteiger partial charge < -0.3 is 31.2 Å². The smallest absolute Gasteiger partial charge is 0.185 e. The summed E-state index contributed by atoms with van der Waals surface area (Å²) in [6, 6.07) is 11.4. The molecule has 196 valence electrons. The first-order chi connectivity index (χ1) is 17.8. The molecule has 0 amide bonds. The fourth-order valence-corrected chi connectivity index (χ4v) is 7.40. The van der Waals surface area contributed by atoms with Gasteiger partial charge in [-0.1, -0.05) is 37.1 Å². The number of nitrogens with two attached hydrogens (primary N) is 2. The Balaban J connectivity index is 1.33. The van der Waals surface area contributed by atoms with Crippen LogP contribution in [0.1, 0.15) is 54.6 Å². The summed E-state index contributed by atoms with van der Waals surface area (Å²) >= 11 is 0. The Labute approximate surface area is 216 Å². The van der Waals surface area contributed by atoms with Crippen LogP contribution in [0.3, 0.4) is 0 Å². The number of piperidine rings is 1. The topological polar surface area (TPSA) is 141 Å². The molecule has 1 aliphatic heterocycles. The second-order valence-corrected chi connectivity index (χ2v) is 11.1. The largest absolute Gasteiger partial charge is 0.504 e. The molecule has 0 spiro atoms. The Morgan fingerprint density at radius 3 is 2.70 bits per heavy atom. The van der Waals surface area contributed by atoms with Crippen LogP contribution in [0.2, 0.25) is 0 Å². The number of aromatic hydroxyl groups is 2. The molecule has 1 fully saturated rings. The van der Waals surface area contributed by atoms with E-state index >= 15 is 0 Å². The van der Waals surface area contributed by atoms with Crippen LogP contribution in [0.5, 0.6) is 11.5 Å². The number of phenols is 2. The number of phenolic OH excluding ortho intramolecular Hbond substituents is 2. The zero-order valence-electron chi connectivity index (χ0n) is 21.1. The number of fused-ring (bicyclic) bond motifs is 4. The number of nitrogens with zero attached hydrogens (tertiary/aromatic N) is 2. The van der Waals surface area contributed by atoms with Crippen molar-refractivity contribution in [2.75, 3.05) is 19.6 Å². The zero-order chi connectivity index (χ0) is 25.8. The van der Waals surface area contributed by atoms with Gasteiger partial charge in [0.25, 0.3) is 0 Å². The van der Waals surface area contributed by atoms with Crippen molar-refractivity contribution in [3.05, 3.63) is 58.8 Å². The Morgan fingerprint density at radius 2 is 1.86 bits per heavy atom. The molecule has 2 aromatic carbocycles. The molecule has 1 aromatic heterocycles. The van der Waals surface area contributed by atoms with Crippen molar-refractivity contribution >= 4 is 16.9 Å². The van der Waals surface area contributed by atoms with Crippen LogP contribution in [-0.4, -0.2) is 57.5 Å². The molecule has 0 radical (unpaired) electrons. The molecule has 8 heteroatoms. The molecule has 2 bridgehead atoms. The number of hydrogen-bond donors (Lipinski definition) is 5. The summed E-state index contributed by atoms with van der Waals surface area (Å²) in [6.45, 7) is 2.39. The highest BCUT2D eigenvalue weighted by Crippen LogP contribution is 2.60. The molecule has 8 nitrogen and oxygen atoms in total. The second-order valence-electron chi connectivity index (χ2n) is 11.1. The predicted molar refractivity (Wildman–Crippen MR) is 143 cm³/mol. The van der Waals surface area contributed by atoms with Gasteiger partial charge in [0, 0.05) is 47.4 Å². The maximum Gasteiger partial charge on any atom is 0.185 e. The van der Waals surface area contributed by atoms with Gasteiger partial charge in [0.1, 0.15) is 11.3 Å². The van der Waals surface area contributed by atoms with Crippen LogP contribution < -0.4 is 11.5 Å². The highest BCUT2D eigenvalue weighted by atomic mass is 16.3. The Hall–Kier alpha value is -3.23. The number of furan rings is 1. The fraction of sp³-hybridized carbons (Fsp3) is 0.483. The molecule has 7 N–H and O–H groups in total. The first-order valence-corrected chi connectivity index (χ1v) is 13.4. The van der Waals surface area contributed by atoms with Gasteiger partial charge in [0.15, 0.2) is 17.5 Å². The minimum absolute atomic E-state index is 0.0823. The maximum absolute atomic E-state index is 12.7. The number of rotatable bonds is 7. The van der Waals surface area contributed by atoms with Gasteiger partial charge in [-0.25, -0.2) is 0 Å². The van der Waals surface area contributed by atoms with Crippen LogP contribution in [-0.2, 0) is 24.7 Å². The van der Waals surface area contributed by atoms with Gasteiger partial charge in [0.2, 0.25) is 0 Å². The van der Waals surface area contributed by atoms with E-state index in [1.54, 1.807) is 6.07 Å². The van der Waals surface area contributed by atoms with Gasteiger partial charge in [-0.15, -0.1) is 0 Å². The Bertz CT molecular complexity index is 1360. The van der Waals surface area contributed by atoms with Gasteiger partial charge in [0.05, 0.1) is 5.60 Å². The number of unbranched alkanes of at least 4 members (excludes halogenated alkanes) is 3. The van der Waals surface area contributed by atoms with Crippen molar-refractivity contribution in [1.29, 1.82) is 0 Å². The molecule has 3 atom stereocenters. The van der Waals surface area contributed by atoms with E-state index in [4.69, 9.17) is 15.9 Å². The molecule has 2 aliphatic carbocycles. The number of hydrogen-bond acceptors (Lipinski definition) is 6. The molecule has 37 heavy (non-hydrogen) atoms. The maximum atomic E-state index is 12.7. The zero-order valence-corrected chi connectivity index (χ0v) is 21.1. The average molecular weight is 505 g/mol. The minimum atomic E-state index is -1.09. The summed E-state index contributed by atoms with van der Waals surface area (Å²) in [5, 5.41) is 35.3. The number of aliphatic hydroxyl groups is 1. The van der Waals surface area contributed by atoms with E-state index in [0.29, 0.717) is 37.8 Å². The molecular formula is C29H36N4O4. The third-order valence-corrected chi connectivity index (χ3v) is 9.12. The lowest BCUT2D eigenvalue weighted by molar-refractivity contribution is -0.153. The number of aliphatic imine (C=N–C) groups is 1. The number of benzene rings is 2. The minimum Gasteiger partial charge on any atom is -0.504 e. The Morgan fingerprint density at radius 1 is 1.05 bits per heavy atom. The van der Waals surface area contributed by atoms with Crippen molar-refractivity contribution in [2.45, 2.75) is 68.4 Å². The van der Waals surface area contributed by atoms with Gasteiger partial charge in [-0.05, 0) is 56.5 Å². The summed E-state index contributed by atoms with van der Waals surface area (Å²) in [7, 11) is 0. The predicted octanol–water partition coefficient (Wildman–Crippen LogP) is 3.08. The van der Waals surface area contributed by atoms with E-state index in [9.17, 15) is 15.3 Å². The molecule has 1 saturated heterocycles. The van der Waals surface area contributed by atoms with Crippen LogP contribution in [0, 0.1) is 0 Å².